The summed E-state index contributed by atoms with van der Waals surface area (Å²) in [7, 11) is 4.47. The largest absolute Gasteiger partial charge is 0.493 e. The van der Waals surface area contributed by atoms with Crippen LogP contribution in [-0.4, -0.2) is 44.5 Å². The van der Waals surface area contributed by atoms with E-state index in [2.05, 4.69) is 5.10 Å². The van der Waals surface area contributed by atoms with Gasteiger partial charge in [-0.15, -0.1) is 0 Å². The first kappa shape index (κ1) is 19.7. The molecule has 2 aromatic carbocycles. The summed E-state index contributed by atoms with van der Waals surface area (Å²) in [6.45, 7) is 4.35. The van der Waals surface area contributed by atoms with Crippen LogP contribution in [0.25, 0.3) is 0 Å². The Kier molecular flexibility index (Phi) is 5.27. The first-order chi connectivity index (χ1) is 13.3. The molecule has 28 heavy (non-hydrogen) atoms. The van der Waals surface area contributed by atoms with Crippen LogP contribution < -0.4 is 14.2 Å². The summed E-state index contributed by atoms with van der Waals surface area (Å²) in [5.41, 5.74) is 1.28. The fourth-order valence-electron chi connectivity index (χ4n) is 3.31. The third-order valence-corrected chi connectivity index (χ3v) is 4.70. The molecule has 0 spiro atoms. The van der Waals surface area contributed by atoms with Crippen LogP contribution >= 0.6 is 0 Å². The van der Waals surface area contributed by atoms with E-state index >= 15 is 0 Å². The summed E-state index contributed by atoms with van der Waals surface area (Å²) in [4.78, 5) is 13.0. The minimum absolute atomic E-state index is 0.0833. The van der Waals surface area contributed by atoms with Gasteiger partial charge in [0.15, 0.2) is 23.1 Å². The van der Waals surface area contributed by atoms with Crippen molar-refractivity contribution in [2.24, 2.45) is 10.5 Å². The van der Waals surface area contributed by atoms with Crippen LogP contribution in [0.2, 0.25) is 0 Å². The number of amides is 1. The van der Waals surface area contributed by atoms with E-state index in [-0.39, 0.29) is 11.3 Å². The van der Waals surface area contributed by atoms with Gasteiger partial charge in [-0.25, -0.2) is 9.40 Å². The Morgan fingerprint density at radius 1 is 1.07 bits per heavy atom. The lowest BCUT2D eigenvalue weighted by atomic mass is 9.84. The molecule has 0 unspecified atom stereocenters. The van der Waals surface area contributed by atoms with E-state index in [9.17, 15) is 9.18 Å². The second-order valence-electron chi connectivity index (χ2n) is 7.09. The highest BCUT2D eigenvalue weighted by Crippen LogP contribution is 2.36. The van der Waals surface area contributed by atoms with E-state index in [0.29, 0.717) is 18.0 Å². The van der Waals surface area contributed by atoms with Crippen LogP contribution in [0.4, 0.5) is 4.39 Å². The third kappa shape index (κ3) is 3.40. The van der Waals surface area contributed by atoms with Crippen LogP contribution in [0, 0.1) is 11.2 Å². The molecular weight excluding hydrogens is 363 g/mol. The number of benzene rings is 2. The van der Waals surface area contributed by atoms with Gasteiger partial charge in [-0.1, -0.05) is 19.9 Å². The van der Waals surface area contributed by atoms with Crippen molar-refractivity contribution in [2.75, 3.05) is 27.9 Å². The maximum Gasteiger partial charge on any atom is 0.277 e. The third-order valence-electron chi connectivity index (χ3n) is 4.70. The number of methoxy groups -OCH3 is 3. The molecule has 1 heterocycles. The Hall–Kier alpha value is -3.09. The lowest BCUT2D eigenvalue weighted by molar-refractivity contribution is 0.0749. The van der Waals surface area contributed by atoms with Gasteiger partial charge in [0.1, 0.15) is 0 Å². The van der Waals surface area contributed by atoms with Crippen LogP contribution in [0.3, 0.4) is 0 Å². The highest BCUT2D eigenvalue weighted by molar-refractivity contribution is 6.08. The second-order valence-corrected chi connectivity index (χ2v) is 7.09. The molecule has 0 N–H and O–H groups in total. The maximum absolute atomic E-state index is 14.0. The molecule has 0 atom stereocenters. The molecule has 1 aliphatic rings. The molecule has 6 nitrogen and oxygen atoms in total. The van der Waals surface area contributed by atoms with E-state index in [4.69, 9.17) is 14.2 Å². The molecule has 0 saturated carbocycles. The predicted molar refractivity (Wildman–Crippen MR) is 104 cm³/mol. The molecule has 0 radical (unpaired) electrons. The summed E-state index contributed by atoms with van der Waals surface area (Å²) < 4.78 is 29.7. The van der Waals surface area contributed by atoms with Gasteiger partial charge in [0.25, 0.3) is 5.91 Å². The first-order valence-corrected chi connectivity index (χ1v) is 8.78. The summed E-state index contributed by atoms with van der Waals surface area (Å²) >= 11 is 0. The van der Waals surface area contributed by atoms with Crippen molar-refractivity contribution in [3.05, 3.63) is 53.3 Å². The molecule has 0 aliphatic carbocycles. The fourth-order valence-corrected chi connectivity index (χ4v) is 3.31. The molecule has 0 bridgehead atoms. The smallest absolute Gasteiger partial charge is 0.277 e. The van der Waals surface area contributed by atoms with Crippen molar-refractivity contribution in [2.45, 2.75) is 13.8 Å². The number of carbonyl (C=O) groups is 1. The Bertz CT molecular complexity index is 940. The Morgan fingerprint density at radius 2 is 1.79 bits per heavy atom. The van der Waals surface area contributed by atoms with Crippen molar-refractivity contribution in [1.82, 2.24) is 5.01 Å². The minimum atomic E-state index is -0.587. The molecule has 148 valence electrons. The summed E-state index contributed by atoms with van der Waals surface area (Å²) in [6, 6.07) is 9.76. The van der Waals surface area contributed by atoms with Crippen LogP contribution in [0.1, 0.15) is 29.8 Å². The van der Waals surface area contributed by atoms with Crippen molar-refractivity contribution >= 4 is 11.6 Å². The Labute approximate surface area is 163 Å². The number of rotatable bonds is 5. The molecule has 7 heteroatoms. The molecule has 1 aliphatic heterocycles. The van der Waals surface area contributed by atoms with Gasteiger partial charge >= 0.3 is 0 Å². The molecule has 0 fully saturated rings. The Morgan fingerprint density at radius 3 is 2.43 bits per heavy atom. The topological polar surface area (TPSA) is 60.4 Å². The van der Waals surface area contributed by atoms with Crippen molar-refractivity contribution < 1.29 is 23.4 Å². The molecule has 1 amide bonds. The number of hydrogen-bond donors (Lipinski definition) is 0. The number of ether oxygens (including phenoxy) is 3. The number of halogens is 1. The monoisotopic (exact) mass is 386 g/mol. The number of hydrazone groups is 1. The molecule has 3 rings (SSSR count). The molecule has 2 aromatic rings. The highest BCUT2D eigenvalue weighted by atomic mass is 19.1. The van der Waals surface area contributed by atoms with Gasteiger partial charge in [0.05, 0.1) is 39.1 Å². The molecular formula is C21H23FN2O4. The van der Waals surface area contributed by atoms with Crippen molar-refractivity contribution in [3.8, 4) is 17.2 Å². The van der Waals surface area contributed by atoms with Gasteiger partial charge in [0, 0.05) is 11.0 Å². The van der Waals surface area contributed by atoms with E-state index in [1.54, 1.807) is 20.3 Å². The van der Waals surface area contributed by atoms with Crippen LogP contribution in [-0.2, 0) is 0 Å². The molecule has 0 saturated heterocycles. The van der Waals surface area contributed by atoms with Gasteiger partial charge in [0.2, 0.25) is 0 Å². The van der Waals surface area contributed by atoms with Gasteiger partial charge in [-0.05, 0) is 30.3 Å². The quantitative estimate of drug-likeness (QED) is 0.786. The van der Waals surface area contributed by atoms with Gasteiger partial charge < -0.3 is 14.2 Å². The zero-order chi connectivity index (χ0) is 20.5. The lowest BCUT2D eigenvalue weighted by Gasteiger charge is -2.21. The highest BCUT2D eigenvalue weighted by Gasteiger charge is 2.38. The van der Waals surface area contributed by atoms with E-state index in [1.807, 2.05) is 26.0 Å². The zero-order valence-electron chi connectivity index (χ0n) is 16.6. The number of hydrogen-bond acceptors (Lipinski definition) is 5. The zero-order valence-corrected chi connectivity index (χ0v) is 16.6. The lowest BCUT2D eigenvalue weighted by Crippen LogP contribution is -2.31. The normalized spacial score (nSPS) is 15.2. The number of nitrogens with zero attached hydrogens (tertiary/aromatic N) is 2. The van der Waals surface area contributed by atoms with Gasteiger partial charge in [-0.2, -0.15) is 5.10 Å². The van der Waals surface area contributed by atoms with Crippen LogP contribution in [0.5, 0.6) is 17.2 Å². The van der Waals surface area contributed by atoms with E-state index < -0.39 is 17.1 Å². The second kappa shape index (κ2) is 7.50. The predicted octanol–water partition coefficient (Wildman–Crippen LogP) is 3.74. The van der Waals surface area contributed by atoms with Crippen LogP contribution in [0.15, 0.2) is 41.5 Å². The molecule has 0 aromatic heterocycles. The van der Waals surface area contributed by atoms with Crippen molar-refractivity contribution in [1.29, 1.82) is 0 Å². The SMILES string of the molecule is COc1ccc(C2=NN(C(=O)c3cccc(F)c3OC)CC2(C)C)cc1OC. The fraction of sp³-hybridized carbons (Fsp3) is 0.333. The summed E-state index contributed by atoms with van der Waals surface area (Å²) in [5.74, 6) is 0.103. The maximum atomic E-state index is 14.0. The van der Waals surface area contributed by atoms with Gasteiger partial charge in [-0.3, -0.25) is 4.79 Å². The summed E-state index contributed by atoms with van der Waals surface area (Å²) in [5, 5.41) is 5.90. The minimum Gasteiger partial charge on any atom is -0.493 e. The standard InChI is InChI=1S/C21H23FN2O4/c1-21(2)12-24(20(25)14-7-6-8-15(22)18(14)28-5)23-19(21)13-9-10-16(26-3)17(11-13)27-4/h6-11H,12H2,1-5H3. The van der Waals surface area contributed by atoms with Crippen molar-refractivity contribution in [3.63, 3.8) is 0 Å². The average molecular weight is 386 g/mol. The van der Waals surface area contributed by atoms with E-state index in [0.717, 1.165) is 11.3 Å². The number of carbonyl (C=O) groups excluding carboxylic acids is 1. The average Bonchev–Trinajstić information content (AvgIpc) is 3.01. The summed E-state index contributed by atoms with van der Waals surface area (Å²) in [6.07, 6.45) is 0. The van der Waals surface area contributed by atoms with E-state index in [1.165, 1.54) is 30.3 Å². The Balaban J connectivity index is 2.00. The first-order valence-electron chi connectivity index (χ1n) is 8.78. The number of para-hydroxylation sites is 1.